The average molecular weight is 1120 g/mol. The van der Waals surface area contributed by atoms with Crippen LogP contribution in [0.2, 0.25) is 0 Å². The van der Waals surface area contributed by atoms with Crippen LogP contribution in [0, 0.1) is 0 Å². The van der Waals surface area contributed by atoms with Crippen LogP contribution >= 0.6 is 0 Å². The molecule has 0 amide bonds. The molecule has 0 aromatic rings. The van der Waals surface area contributed by atoms with Crippen molar-refractivity contribution in [2.45, 2.75) is 367 Å². The van der Waals surface area contributed by atoms with Crippen molar-refractivity contribution in [1.29, 1.82) is 0 Å². The van der Waals surface area contributed by atoms with Gasteiger partial charge in [0.1, 0.15) is 13.2 Å². The van der Waals surface area contributed by atoms with E-state index in [2.05, 4.69) is 93.7 Å². The van der Waals surface area contributed by atoms with Crippen molar-refractivity contribution in [2.24, 2.45) is 0 Å². The highest BCUT2D eigenvalue weighted by Gasteiger charge is 2.19. The Morgan fingerprint density at radius 2 is 0.487 bits per heavy atom. The van der Waals surface area contributed by atoms with Crippen molar-refractivity contribution < 1.29 is 28.6 Å². The van der Waals surface area contributed by atoms with Gasteiger partial charge in [0.2, 0.25) is 0 Å². The summed E-state index contributed by atoms with van der Waals surface area (Å²) in [7, 11) is 0. The van der Waals surface area contributed by atoms with Gasteiger partial charge in [-0.05, 0) is 70.6 Å². The third kappa shape index (κ3) is 65.7. The van der Waals surface area contributed by atoms with Crippen LogP contribution in [0.3, 0.4) is 0 Å². The lowest BCUT2D eigenvalue weighted by Gasteiger charge is -2.18. The SMILES string of the molecule is CC/C=C\C/C=C\C/C=C\C/C=C\C/C=C\C/C=C\CCCCCCCCCCCCCCCCCCC(=O)OCC(COC(=O)CCCCCCCCCCCCCCC)OC(=O)CCCCCCCCCCCCCCCC. The molecular formula is C74H132O6. The van der Waals surface area contributed by atoms with Crippen LogP contribution in [0.4, 0.5) is 0 Å². The lowest BCUT2D eigenvalue weighted by molar-refractivity contribution is -0.167. The fourth-order valence-corrected chi connectivity index (χ4v) is 10.3. The molecule has 0 aliphatic carbocycles. The molecule has 0 aromatic heterocycles. The smallest absolute Gasteiger partial charge is 0.306 e. The molecule has 0 rings (SSSR count). The third-order valence-electron chi connectivity index (χ3n) is 15.5. The number of allylic oxidation sites excluding steroid dienone is 12. The number of esters is 3. The van der Waals surface area contributed by atoms with Crippen molar-refractivity contribution in [3.8, 4) is 0 Å². The quantitative estimate of drug-likeness (QED) is 0.0261. The van der Waals surface area contributed by atoms with Crippen LogP contribution < -0.4 is 0 Å². The van der Waals surface area contributed by atoms with E-state index in [1.54, 1.807) is 0 Å². The molecule has 1 unspecified atom stereocenters. The van der Waals surface area contributed by atoms with Crippen LogP contribution in [0.25, 0.3) is 0 Å². The molecule has 0 radical (unpaired) electrons. The first-order chi connectivity index (χ1) is 39.5. The molecule has 0 aliphatic heterocycles. The number of carbonyl (C=O) groups is 3. The van der Waals surface area contributed by atoms with E-state index in [4.69, 9.17) is 14.2 Å². The minimum atomic E-state index is -0.769. The minimum absolute atomic E-state index is 0.0671. The average Bonchev–Trinajstić information content (AvgIpc) is 3.46. The van der Waals surface area contributed by atoms with Crippen molar-refractivity contribution in [2.75, 3.05) is 13.2 Å². The van der Waals surface area contributed by atoms with Crippen LogP contribution in [-0.2, 0) is 28.6 Å². The van der Waals surface area contributed by atoms with Gasteiger partial charge in [-0.25, -0.2) is 0 Å². The van der Waals surface area contributed by atoms with E-state index < -0.39 is 6.10 Å². The molecule has 0 saturated heterocycles. The first-order valence-electron chi connectivity index (χ1n) is 34.9. The second-order valence-electron chi connectivity index (χ2n) is 23.4. The minimum Gasteiger partial charge on any atom is -0.462 e. The van der Waals surface area contributed by atoms with Crippen molar-refractivity contribution in [1.82, 2.24) is 0 Å². The van der Waals surface area contributed by atoms with Gasteiger partial charge < -0.3 is 14.2 Å². The van der Waals surface area contributed by atoms with Crippen molar-refractivity contribution in [3.05, 3.63) is 72.9 Å². The Morgan fingerprint density at radius 3 is 0.762 bits per heavy atom. The second kappa shape index (κ2) is 68.3. The fraction of sp³-hybridized carbons (Fsp3) is 0.797. The summed E-state index contributed by atoms with van der Waals surface area (Å²) in [6, 6.07) is 0. The Morgan fingerprint density at radius 1 is 0.263 bits per heavy atom. The maximum atomic E-state index is 12.9. The Bertz CT molecular complexity index is 1470. The molecule has 80 heavy (non-hydrogen) atoms. The molecule has 0 saturated carbocycles. The van der Waals surface area contributed by atoms with E-state index in [-0.39, 0.29) is 31.1 Å². The maximum Gasteiger partial charge on any atom is 0.306 e. The lowest BCUT2D eigenvalue weighted by Crippen LogP contribution is -2.30. The van der Waals surface area contributed by atoms with E-state index in [1.807, 2.05) is 0 Å². The van der Waals surface area contributed by atoms with Crippen LogP contribution in [0.5, 0.6) is 0 Å². The largest absolute Gasteiger partial charge is 0.462 e. The highest BCUT2D eigenvalue weighted by atomic mass is 16.6. The predicted octanol–water partition coefficient (Wildman–Crippen LogP) is 24.1. The summed E-state index contributed by atoms with van der Waals surface area (Å²) >= 11 is 0. The van der Waals surface area contributed by atoms with E-state index in [1.165, 1.54) is 225 Å². The molecule has 0 aromatic carbocycles. The monoisotopic (exact) mass is 1120 g/mol. The third-order valence-corrected chi connectivity index (χ3v) is 15.5. The summed E-state index contributed by atoms with van der Waals surface area (Å²) in [6.45, 7) is 6.58. The number of rotatable bonds is 64. The van der Waals surface area contributed by atoms with Gasteiger partial charge in [0.15, 0.2) is 6.10 Å². The molecule has 0 spiro atoms. The molecule has 1 atom stereocenters. The van der Waals surface area contributed by atoms with E-state index in [9.17, 15) is 14.4 Å². The van der Waals surface area contributed by atoms with Gasteiger partial charge in [-0.1, -0.05) is 344 Å². The molecular weight excluding hydrogens is 985 g/mol. The van der Waals surface area contributed by atoms with E-state index in [0.717, 1.165) is 96.3 Å². The van der Waals surface area contributed by atoms with Gasteiger partial charge in [-0.15, -0.1) is 0 Å². The van der Waals surface area contributed by atoms with Gasteiger partial charge in [-0.3, -0.25) is 14.4 Å². The Labute approximate surface area is 497 Å². The van der Waals surface area contributed by atoms with Crippen LogP contribution in [-0.4, -0.2) is 37.2 Å². The zero-order valence-corrected chi connectivity index (χ0v) is 53.3. The molecule has 0 fully saturated rings. The van der Waals surface area contributed by atoms with Gasteiger partial charge in [-0.2, -0.15) is 0 Å². The Hall–Kier alpha value is -3.15. The number of ether oxygens (including phenoxy) is 3. The standard InChI is InChI=1S/C74H132O6/c1-4-7-10-13-16-19-22-25-27-28-29-30-31-32-33-34-35-36-37-38-39-40-41-42-43-44-45-46-47-50-52-55-58-61-64-67-73(76)79-70-71(69-78-72(75)66-63-60-57-54-51-48-24-21-18-15-12-9-6-3)80-74(77)68-65-62-59-56-53-49-26-23-20-17-14-11-8-5-2/h7,10,16,19,25,27,29-30,32-33,35-36,71H,4-6,8-9,11-15,17-18,20-24,26,28,31,34,37-70H2,1-3H3/b10-7-,19-16-,27-25-,30-29-,33-32-,36-35-. The van der Waals surface area contributed by atoms with Crippen molar-refractivity contribution >= 4 is 17.9 Å². The number of hydrogen-bond acceptors (Lipinski definition) is 6. The highest BCUT2D eigenvalue weighted by Crippen LogP contribution is 2.18. The van der Waals surface area contributed by atoms with Crippen LogP contribution in [0.1, 0.15) is 361 Å². The maximum absolute atomic E-state index is 12.9. The molecule has 0 bridgehead atoms. The summed E-state index contributed by atoms with van der Waals surface area (Å²) < 4.78 is 17.0. The van der Waals surface area contributed by atoms with Crippen LogP contribution in [0.15, 0.2) is 72.9 Å². The topological polar surface area (TPSA) is 78.9 Å². The summed E-state index contributed by atoms with van der Waals surface area (Å²) in [5.41, 5.74) is 0. The Balaban J connectivity index is 4.10. The van der Waals surface area contributed by atoms with E-state index in [0.29, 0.717) is 19.3 Å². The zero-order valence-electron chi connectivity index (χ0n) is 53.3. The molecule has 0 aliphatic rings. The van der Waals surface area contributed by atoms with Gasteiger partial charge in [0, 0.05) is 19.3 Å². The summed E-state index contributed by atoms with van der Waals surface area (Å²) in [4.78, 5) is 38.3. The van der Waals surface area contributed by atoms with Crippen molar-refractivity contribution in [3.63, 3.8) is 0 Å². The zero-order chi connectivity index (χ0) is 57.8. The van der Waals surface area contributed by atoms with Gasteiger partial charge in [0.25, 0.3) is 0 Å². The lowest BCUT2D eigenvalue weighted by atomic mass is 10.0. The molecule has 6 nitrogen and oxygen atoms in total. The number of carbonyl (C=O) groups excluding carboxylic acids is 3. The summed E-state index contributed by atoms with van der Waals surface area (Å²) in [6.07, 6.45) is 89.3. The first-order valence-corrected chi connectivity index (χ1v) is 34.9. The number of hydrogen-bond donors (Lipinski definition) is 0. The highest BCUT2D eigenvalue weighted by molar-refractivity contribution is 5.71. The number of unbranched alkanes of at least 4 members (excludes halogenated alkanes) is 41. The second-order valence-corrected chi connectivity index (χ2v) is 23.4. The predicted molar refractivity (Wildman–Crippen MR) is 348 cm³/mol. The molecule has 0 N–H and O–H groups in total. The molecule has 464 valence electrons. The molecule has 0 heterocycles. The van der Waals surface area contributed by atoms with Gasteiger partial charge >= 0.3 is 17.9 Å². The van der Waals surface area contributed by atoms with E-state index >= 15 is 0 Å². The summed E-state index contributed by atoms with van der Waals surface area (Å²) in [5.74, 6) is -0.843. The fourth-order valence-electron chi connectivity index (χ4n) is 10.3. The molecule has 6 heteroatoms. The Kier molecular flexibility index (Phi) is 65.7. The summed E-state index contributed by atoms with van der Waals surface area (Å²) in [5, 5.41) is 0. The van der Waals surface area contributed by atoms with Gasteiger partial charge in [0.05, 0.1) is 0 Å². The first kappa shape index (κ1) is 76.9. The normalized spacial score (nSPS) is 12.5.